The van der Waals surface area contributed by atoms with Crippen molar-refractivity contribution >= 4 is 14.4 Å². The molecule has 0 bridgehead atoms. The first-order valence-corrected chi connectivity index (χ1v) is 12.3. The molecule has 0 N–H and O–H groups in total. The summed E-state index contributed by atoms with van der Waals surface area (Å²) in [4.78, 5) is 2.43. The molecule has 1 saturated heterocycles. The molecule has 0 radical (unpaired) electrons. The Bertz CT molecular complexity index is 588. The molecule has 2 rings (SSSR count). The Morgan fingerprint density at radius 1 is 1.12 bits per heavy atom. The van der Waals surface area contributed by atoms with Gasteiger partial charge in [0.15, 0.2) is 8.32 Å². The molecule has 0 amide bonds. The molecule has 0 aromatic heterocycles. The summed E-state index contributed by atoms with van der Waals surface area (Å²) in [6.45, 7) is 15.7. The van der Waals surface area contributed by atoms with Crippen molar-refractivity contribution in [3.63, 3.8) is 0 Å². The Morgan fingerprint density at radius 2 is 1.72 bits per heavy atom. The van der Waals surface area contributed by atoms with E-state index in [2.05, 4.69) is 101 Å². The van der Waals surface area contributed by atoms with E-state index in [1.54, 1.807) is 0 Å². The molecule has 0 saturated carbocycles. The number of hydrogen-bond acceptors (Lipinski definition) is 2. The quantitative estimate of drug-likeness (QED) is 0.492. The van der Waals surface area contributed by atoms with E-state index in [0.29, 0.717) is 18.2 Å². The summed E-state index contributed by atoms with van der Waals surface area (Å²) in [6, 6.07) is 11.3. The molecular formula is C22H35NOSi. The highest BCUT2D eigenvalue weighted by atomic mass is 28.4. The number of piperidine rings is 1. The summed E-state index contributed by atoms with van der Waals surface area (Å²) >= 11 is 0. The summed E-state index contributed by atoms with van der Waals surface area (Å²) in [5.41, 5.74) is 1.25. The normalized spacial score (nSPS) is 26.1. The Kier molecular flexibility index (Phi) is 6.47. The molecule has 25 heavy (non-hydrogen) atoms. The van der Waals surface area contributed by atoms with Crippen molar-refractivity contribution in [1.29, 1.82) is 0 Å². The fourth-order valence-electron chi connectivity index (χ4n) is 3.17. The van der Waals surface area contributed by atoms with Crippen LogP contribution in [0.1, 0.15) is 39.2 Å². The molecule has 2 nitrogen and oxygen atoms in total. The first-order valence-electron chi connectivity index (χ1n) is 9.39. The van der Waals surface area contributed by atoms with E-state index >= 15 is 0 Å². The number of hydrogen-bond donors (Lipinski definition) is 0. The van der Waals surface area contributed by atoms with Crippen molar-refractivity contribution in [1.82, 2.24) is 4.90 Å². The average Bonchev–Trinajstić information content (AvgIpc) is 2.54. The fraction of sp³-hybridized carbons (Fsp3) is 0.545. The van der Waals surface area contributed by atoms with Crippen LogP contribution in [0.25, 0.3) is 6.08 Å². The van der Waals surface area contributed by atoms with E-state index in [1.165, 1.54) is 5.56 Å². The zero-order valence-electron chi connectivity index (χ0n) is 16.8. The number of likely N-dealkylation sites (tertiary alicyclic amines) is 1. The lowest BCUT2D eigenvalue weighted by Crippen LogP contribution is -2.52. The van der Waals surface area contributed by atoms with Crippen LogP contribution in [0.2, 0.25) is 18.1 Å². The van der Waals surface area contributed by atoms with Gasteiger partial charge in [-0.05, 0) is 43.6 Å². The van der Waals surface area contributed by atoms with Crippen molar-refractivity contribution in [2.24, 2.45) is 0 Å². The topological polar surface area (TPSA) is 12.5 Å². The van der Waals surface area contributed by atoms with Crippen LogP contribution in [-0.2, 0) is 4.43 Å². The number of rotatable bonds is 5. The van der Waals surface area contributed by atoms with E-state index < -0.39 is 8.32 Å². The predicted octanol–water partition coefficient (Wildman–Crippen LogP) is 5.74. The standard InChI is InChI=1S/C22H35NOSi/c1-8-19-16-21(24-25(6,7)22(2,3)4)17-20(23(19)5)15-14-18-12-10-9-11-13-18/h8-15,19-21H,1,16-17H2,2-7H3/b15-14+/t19-,20+,21+/m0/s1. The Morgan fingerprint density at radius 3 is 2.28 bits per heavy atom. The lowest BCUT2D eigenvalue weighted by atomic mass is 9.93. The van der Waals surface area contributed by atoms with E-state index in [0.717, 1.165) is 12.8 Å². The van der Waals surface area contributed by atoms with Gasteiger partial charge in [0.05, 0.1) is 0 Å². The van der Waals surface area contributed by atoms with Gasteiger partial charge in [-0.1, -0.05) is 69.3 Å². The number of benzene rings is 1. The highest BCUT2D eigenvalue weighted by Crippen LogP contribution is 2.39. The second-order valence-electron chi connectivity index (χ2n) is 8.78. The maximum absolute atomic E-state index is 6.74. The molecule has 0 spiro atoms. The van der Waals surface area contributed by atoms with Crippen LogP contribution in [0.3, 0.4) is 0 Å². The van der Waals surface area contributed by atoms with Crippen LogP contribution >= 0.6 is 0 Å². The Balaban J connectivity index is 2.14. The highest BCUT2D eigenvalue weighted by Gasteiger charge is 2.41. The molecule has 0 unspecified atom stereocenters. The summed E-state index contributed by atoms with van der Waals surface area (Å²) in [7, 11) is 0.453. The maximum atomic E-state index is 6.74. The van der Waals surface area contributed by atoms with E-state index in [9.17, 15) is 0 Å². The van der Waals surface area contributed by atoms with Gasteiger partial charge < -0.3 is 4.43 Å². The largest absolute Gasteiger partial charge is 0.414 e. The zero-order valence-corrected chi connectivity index (χ0v) is 17.8. The van der Waals surface area contributed by atoms with Crippen LogP contribution in [0.4, 0.5) is 0 Å². The minimum atomic E-state index is -1.75. The van der Waals surface area contributed by atoms with Crippen molar-refractivity contribution in [3.8, 4) is 0 Å². The minimum Gasteiger partial charge on any atom is -0.414 e. The van der Waals surface area contributed by atoms with Crippen LogP contribution < -0.4 is 0 Å². The van der Waals surface area contributed by atoms with Gasteiger partial charge in [0.2, 0.25) is 0 Å². The van der Waals surface area contributed by atoms with E-state index in [4.69, 9.17) is 4.43 Å². The first kappa shape index (κ1) is 20.2. The third kappa shape index (κ3) is 5.16. The summed E-state index contributed by atoms with van der Waals surface area (Å²) in [6.07, 6.45) is 9.04. The number of likely N-dealkylation sites (N-methyl/N-ethyl adjacent to an activating group) is 1. The fourth-order valence-corrected chi connectivity index (χ4v) is 4.55. The van der Waals surface area contributed by atoms with Gasteiger partial charge >= 0.3 is 0 Å². The molecule has 1 aromatic carbocycles. The maximum Gasteiger partial charge on any atom is 0.192 e. The molecular weight excluding hydrogens is 322 g/mol. The lowest BCUT2D eigenvalue weighted by Gasteiger charge is -2.46. The molecule has 3 heteroatoms. The molecule has 1 aromatic rings. The molecule has 1 fully saturated rings. The minimum absolute atomic E-state index is 0.245. The van der Waals surface area contributed by atoms with Crippen LogP contribution in [0.5, 0.6) is 0 Å². The SMILES string of the molecule is C=C[C@H]1C[C@@H](O[Si](C)(C)C(C)(C)C)C[C@@H](/C=C/c2ccccc2)N1C. The van der Waals surface area contributed by atoms with E-state index in [1.807, 2.05) is 0 Å². The highest BCUT2D eigenvalue weighted by molar-refractivity contribution is 6.74. The second-order valence-corrected chi connectivity index (χ2v) is 13.5. The Labute approximate surface area is 155 Å². The average molecular weight is 358 g/mol. The smallest absolute Gasteiger partial charge is 0.192 e. The van der Waals surface area contributed by atoms with Gasteiger partial charge in [0.1, 0.15) is 0 Å². The summed E-state index contributed by atoms with van der Waals surface area (Å²) in [5, 5.41) is 0.245. The molecule has 138 valence electrons. The summed E-state index contributed by atoms with van der Waals surface area (Å²) < 4.78 is 6.74. The molecule has 1 aliphatic rings. The molecule has 1 heterocycles. The van der Waals surface area contributed by atoms with Gasteiger partial charge in [-0.15, -0.1) is 6.58 Å². The van der Waals surface area contributed by atoms with Crippen molar-refractivity contribution in [2.75, 3.05) is 7.05 Å². The van der Waals surface area contributed by atoms with Crippen LogP contribution in [0, 0.1) is 0 Å². The van der Waals surface area contributed by atoms with Crippen molar-refractivity contribution in [3.05, 3.63) is 54.6 Å². The number of nitrogens with zero attached hydrogens (tertiary/aromatic N) is 1. The van der Waals surface area contributed by atoms with E-state index in [-0.39, 0.29) is 5.04 Å². The Hall–Kier alpha value is -1.16. The lowest BCUT2D eigenvalue weighted by molar-refractivity contribution is 0.0553. The molecule has 1 aliphatic heterocycles. The van der Waals surface area contributed by atoms with Crippen LogP contribution in [0.15, 0.2) is 49.1 Å². The van der Waals surface area contributed by atoms with Gasteiger partial charge in [-0.3, -0.25) is 4.90 Å². The predicted molar refractivity (Wildman–Crippen MR) is 112 cm³/mol. The van der Waals surface area contributed by atoms with Gasteiger partial charge in [0.25, 0.3) is 0 Å². The van der Waals surface area contributed by atoms with Gasteiger partial charge in [-0.2, -0.15) is 0 Å². The third-order valence-corrected chi connectivity index (χ3v) is 10.4. The van der Waals surface area contributed by atoms with Crippen molar-refractivity contribution in [2.45, 2.75) is 69.9 Å². The molecule has 0 aliphatic carbocycles. The molecule has 3 atom stereocenters. The van der Waals surface area contributed by atoms with Gasteiger partial charge in [0, 0.05) is 18.2 Å². The summed E-state index contributed by atoms with van der Waals surface area (Å²) in [5.74, 6) is 0. The first-order chi connectivity index (χ1) is 11.6. The van der Waals surface area contributed by atoms with Crippen LogP contribution in [-0.4, -0.2) is 38.5 Å². The zero-order chi connectivity index (χ0) is 18.7. The van der Waals surface area contributed by atoms with Gasteiger partial charge in [-0.25, -0.2) is 0 Å². The monoisotopic (exact) mass is 357 g/mol. The van der Waals surface area contributed by atoms with Crippen molar-refractivity contribution < 1.29 is 4.43 Å². The third-order valence-electron chi connectivity index (χ3n) is 5.90. The second kappa shape index (κ2) is 8.03.